The molecule has 0 aliphatic carbocycles. The molecular weight excluding hydrogens is 433 g/mol. The van der Waals surface area contributed by atoms with Crippen LogP contribution in [-0.2, 0) is 12.7 Å². The number of nitrogens with zero attached hydrogens (tertiary/aromatic N) is 4. The van der Waals surface area contributed by atoms with E-state index >= 15 is 0 Å². The lowest BCUT2D eigenvalue weighted by Gasteiger charge is -2.16. The number of hydrogen-bond donors (Lipinski definition) is 2. The third kappa shape index (κ3) is 5.11. The summed E-state index contributed by atoms with van der Waals surface area (Å²) in [4.78, 5) is 21.3. The summed E-state index contributed by atoms with van der Waals surface area (Å²) >= 11 is 0. The summed E-state index contributed by atoms with van der Waals surface area (Å²) in [6.45, 7) is 4.64. The van der Waals surface area contributed by atoms with E-state index in [0.717, 1.165) is 36.4 Å². The molecule has 7 nitrogen and oxygen atoms in total. The average Bonchev–Trinajstić information content (AvgIpc) is 3.21. The Balaban J connectivity index is 1.45. The number of benzene rings is 2. The number of nitrogens with one attached hydrogen (secondary N) is 2. The van der Waals surface area contributed by atoms with Crippen LogP contribution in [0.15, 0.2) is 60.9 Å². The predicted octanol–water partition coefficient (Wildman–Crippen LogP) is 5.29. The molecule has 1 amide bonds. The molecule has 0 saturated carbocycles. The summed E-state index contributed by atoms with van der Waals surface area (Å²) in [5.74, 6) is 0.0693. The molecule has 10 heteroatoms. The first-order valence-corrected chi connectivity index (χ1v) is 10.3. The van der Waals surface area contributed by atoms with E-state index in [1.54, 1.807) is 29.1 Å². The number of carbonyl (C=O) groups excluding carboxylic acids is 1. The molecule has 0 fully saturated rings. The number of rotatable bonds is 6. The van der Waals surface area contributed by atoms with Gasteiger partial charge in [-0.05, 0) is 55.8 Å². The Hall–Kier alpha value is -3.95. The van der Waals surface area contributed by atoms with Gasteiger partial charge in [-0.15, -0.1) is 0 Å². The van der Waals surface area contributed by atoms with Gasteiger partial charge in [-0.3, -0.25) is 9.48 Å². The fourth-order valence-corrected chi connectivity index (χ4v) is 3.28. The first-order chi connectivity index (χ1) is 15.7. The third-order valence-corrected chi connectivity index (χ3v) is 5.08. The van der Waals surface area contributed by atoms with Gasteiger partial charge in [0.15, 0.2) is 0 Å². The molecule has 4 aromatic rings. The van der Waals surface area contributed by atoms with Crippen LogP contribution in [0.5, 0.6) is 0 Å². The molecule has 0 aliphatic rings. The van der Waals surface area contributed by atoms with Crippen molar-refractivity contribution in [1.29, 1.82) is 0 Å². The van der Waals surface area contributed by atoms with Crippen LogP contribution in [0, 0.1) is 0 Å². The minimum absolute atomic E-state index is 0.134. The standard InChI is InChI=1S/C23H21F3N6O/c1-3-32-13-19-21(31-32)30-20(12-27-19)28-14(2)16-5-4-6-18(11-16)29-22(33)15-7-9-17(10-8-15)23(24,25)26/h4-14H,3H2,1-2H3,(H,29,33)(H,28,30,31)/t14-/m0/s1. The highest BCUT2D eigenvalue weighted by molar-refractivity contribution is 6.04. The van der Waals surface area contributed by atoms with Crippen LogP contribution in [0.3, 0.4) is 0 Å². The van der Waals surface area contributed by atoms with E-state index in [-0.39, 0.29) is 11.6 Å². The van der Waals surface area contributed by atoms with Gasteiger partial charge in [0.1, 0.15) is 11.3 Å². The molecule has 0 spiro atoms. The Morgan fingerprint density at radius 1 is 1.15 bits per heavy atom. The molecule has 2 aromatic heterocycles. The van der Waals surface area contributed by atoms with E-state index in [4.69, 9.17) is 0 Å². The number of halogens is 3. The molecule has 2 N–H and O–H groups in total. The Bertz CT molecular complexity index is 1280. The number of aromatic nitrogens is 4. The van der Waals surface area contributed by atoms with Gasteiger partial charge in [0.05, 0.1) is 24.0 Å². The number of alkyl halides is 3. The van der Waals surface area contributed by atoms with E-state index in [0.29, 0.717) is 22.7 Å². The summed E-state index contributed by atoms with van der Waals surface area (Å²) in [6, 6.07) is 11.1. The quantitative estimate of drug-likeness (QED) is 0.414. The summed E-state index contributed by atoms with van der Waals surface area (Å²) in [7, 11) is 0. The zero-order valence-corrected chi connectivity index (χ0v) is 17.9. The Morgan fingerprint density at radius 2 is 1.91 bits per heavy atom. The minimum atomic E-state index is -4.45. The fraction of sp³-hybridized carbons (Fsp3) is 0.217. The molecule has 1 atom stereocenters. The third-order valence-electron chi connectivity index (χ3n) is 5.08. The Morgan fingerprint density at radius 3 is 2.61 bits per heavy atom. The maximum atomic E-state index is 12.7. The first-order valence-electron chi connectivity index (χ1n) is 10.3. The first kappa shape index (κ1) is 22.3. The van der Waals surface area contributed by atoms with Gasteiger partial charge in [-0.2, -0.15) is 18.3 Å². The maximum Gasteiger partial charge on any atom is 0.416 e. The van der Waals surface area contributed by atoms with E-state index in [9.17, 15) is 18.0 Å². The smallest absolute Gasteiger partial charge is 0.362 e. The van der Waals surface area contributed by atoms with Crippen molar-refractivity contribution in [3.05, 3.63) is 77.6 Å². The van der Waals surface area contributed by atoms with E-state index in [1.807, 2.05) is 26.1 Å². The zero-order valence-electron chi connectivity index (χ0n) is 17.9. The summed E-state index contributed by atoms with van der Waals surface area (Å²) < 4.78 is 39.9. The van der Waals surface area contributed by atoms with Crippen LogP contribution < -0.4 is 10.6 Å². The highest BCUT2D eigenvalue weighted by Crippen LogP contribution is 2.29. The van der Waals surface area contributed by atoms with Gasteiger partial charge in [0, 0.05) is 17.8 Å². The van der Waals surface area contributed by atoms with Crippen molar-refractivity contribution in [2.75, 3.05) is 10.6 Å². The number of fused-ring (bicyclic) bond motifs is 1. The van der Waals surface area contributed by atoms with Gasteiger partial charge in [0.2, 0.25) is 5.65 Å². The summed E-state index contributed by atoms with van der Waals surface area (Å²) in [5.41, 5.74) is 1.99. The van der Waals surface area contributed by atoms with Gasteiger partial charge in [0.25, 0.3) is 5.91 Å². The Kier molecular flexibility index (Phi) is 5.99. The number of aryl methyl sites for hydroxylation is 1. The monoisotopic (exact) mass is 454 g/mol. The van der Waals surface area contributed by atoms with Crippen LogP contribution in [0.2, 0.25) is 0 Å². The second-order valence-electron chi connectivity index (χ2n) is 7.47. The van der Waals surface area contributed by atoms with Crippen molar-refractivity contribution in [2.45, 2.75) is 32.6 Å². The lowest BCUT2D eigenvalue weighted by atomic mass is 10.1. The van der Waals surface area contributed by atoms with Crippen LogP contribution in [0.25, 0.3) is 11.2 Å². The molecule has 33 heavy (non-hydrogen) atoms. The maximum absolute atomic E-state index is 12.7. The SMILES string of the molecule is CCn1cc2ncc(N[C@@H](C)c3cccc(NC(=O)c4ccc(C(F)(F)F)cc4)c3)nc2n1. The van der Waals surface area contributed by atoms with Crippen molar-refractivity contribution in [1.82, 2.24) is 19.7 Å². The normalized spacial score (nSPS) is 12.5. The molecule has 0 aliphatic heterocycles. The number of amides is 1. The highest BCUT2D eigenvalue weighted by Gasteiger charge is 2.30. The molecule has 170 valence electrons. The number of hydrogen-bond acceptors (Lipinski definition) is 5. The van der Waals surface area contributed by atoms with Crippen LogP contribution in [-0.4, -0.2) is 25.7 Å². The van der Waals surface area contributed by atoms with Crippen molar-refractivity contribution in [3.8, 4) is 0 Å². The predicted molar refractivity (Wildman–Crippen MR) is 119 cm³/mol. The van der Waals surface area contributed by atoms with E-state index in [1.165, 1.54) is 0 Å². The molecule has 4 rings (SSSR count). The number of carbonyl (C=O) groups is 1. The molecule has 0 bridgehead atoms. The van der Waals surface area contributed by atoms with Crippen molar-refractivity contribution < 1.29 is 18.0 Å². The van der Waals surface area contributed by atoms with Gasteiger partial charge >= 0.3 is 6.18 Å². The zero-order chi connectivity index (χ0) is 23.6. The lowest BCUT2D eigenvalue weighted by molar-refractivity contribution is -0.137. The van der Waals surface area contributed by atoms with Crippen LogP contribution >= 0.6 is 0 Å². The van der Waals surface area contributed by atoms with Crippen molar-refractivity contribution in [3.63, 3.8) is 0 Å². The van der Waals surface area contributed by atoms with Crippen molar-refractivity contribution >= 4 is 28.6 Å². The molecule has 0 unspecified atom stereocenters. The second-order valence-corrected chi connectivity index (χ2v) is 7.47. The lowest BCUT2D eigenvalue weighted by Crippen LogP contribution is -2.14. The van der Waals surface area contributed by atoms with E-state index < -0.39 is 17.6 Å². The fourth-order valence-electron chi connectivity index (χ4n) is 3.28. The summed E-state index contributed by atoms with van der Waals surface area (Å²) in [5, 5.41) is 10.3. The van der Waals surface area contributed by atoms with Crippen LogP contribution in [0.4, 0.5) is 24.7 Å². The summed E-state index contributed by atoms with van der Waals surface area (Å²) in [6.07, 6.45) is -0.980. The molecule has 0 radical (unpaired) electrons. The second kappa shape index (κ2) is 8.89. The molecular formula is C23H21F3N6O. The number of anilines is 2. The highest BCUT2D eigenvalue weighted by atomic mass is 19.4. The topological polar surface area (TPSA) is 84.7 Å². The van der Waals surface area contributed by atoms with Gasteiger partial charge in [-0.25, -0.2) is 9.97 Å². The van der Waals surface area contributed by atoms with Gasteiger partial charge < -0.3 is 10.6 Å². The van der Waals surface area contributed by atoms with Gasteiger partial charge in [-0.1, -0.05) is 12.1 Å². The minimum Gasteiger partial charge on any atom is -0.362 e. The molecule has 0 saturated heterocycles. The molecule has 2 heterocycles. The largest absolute Gasteiger partial charge is 0.416 e. The van der Waals surface area contributed by atoms with E-state index in [2.05, 4.69) is 25.7 Å². The Labute approximate surface area is 187 Å². The average molecular weight is 454 g/mol. The van der Waals surface area contributed by atoms with Crippen molar-refractivity contribution in [2.24, 2.45) is 0 Å². The van der Waals surface area contributed by atoms with Crippen LogP contribution in [0.1, 0.15) is 41.4 Å². The molecule has 2 aromatic carbocycles.